The van der Waals surface area contributed by atoms with E-state index in [0.717, 1.165) is 28.5 Å². The molecule has 0 radical (unpaired) electrons. The molecule has 4 rings (SSSR count). The summed E-state index contributed by atoms with van der Waals surface area (Å²) in [4.78, 5) is 18.7. The quantitative estimate of drug-likeness (QED) is 0.643. The second kappa shape index (κ2) is 9.01. The van der Waals surface area contributed by atoms with Crippen molar-refractivity contribution in [3.63, 3.8) is 0 Å². The van der Waals surface area contributed by atoms with E-state index in [9.17, 15) is 9.18 Å². The minimum Gasteiger partial charge on any atom is -0.361 e. The van der Waals surface area contributed by atoms with Gasteiger partial charge in [0.1, 0.15) is 11.9 Å². The second-order valence-corrected chi connectivity index (χ2v) is 7.90. The van der Waals surface area contributed by atoms with Crippen LogP contribution in [0.3, 0.4) is 0 Å². The fourth-order valence-electron chi connectivity index (χ4n) is 3.52. The number of pyridine rings is 1. The van der Waals surface area contributed by atoms with Crippen LogP contribution in [0.2, 0.25) is 5.02 Å². The molecule has 3 aromatic rings. The van der Waals surface area contributed by atoms with Crippen LogP contribution < -0.4 is 10.2 Å². The SMILES string of the molecule is C.Cc1nc(CCc2cn(Cc3cccc(Cl)c3F)nn2)cc2c1NC(=O)[C@H](C)N2C. The average Bonchev–Trinajstić information content (AvgIpc) is 3.16. The van der Waals surface area contributed by atoms with E-state index in [0.29, 0.717) is 18.4 Å². The molecule has 2 aromatic heterocycles. The third-order valence-electron chi connectivity index (χ3n) is 5.41. The maximum absolute atomic E-state index is 14.1. The van der Waals surface area contributed by atoms with Gasteiger partial charge in [0.2, 0.25) is 5.91 Å². The molecule has 1 amide bonds. The lowest BCUT2D eigenvalue weighted by atomic mass is 10.1. The van der Waals surface area contributed by atoms with Crippen molar-refractivity contribution < 1.29 is 9.18 Å². The number of likely N-dealkylation sites (N-methyl/N-ethyl adjacent to an activating group) is 1. The highest BCUT2D eigenvalue weighted by Crippen LogP contribution is 2.33. The molecule has 0 unspecified atom stereocenters. The van der Waals surface area contributed by atoms with E-state index in [1.54, 1.807) is 23.0 Å². The first-order chi connectivity index (χ1) is 14.3. The standard InChI is InChI=1S/C21H22ClFN6O.CH4/c1-12-20-18(28(3)13(2)21(30)25-20)9-15(24-12)7-8-16-11-29(27-26-16)10-14-5-4-6-17(22)19(14)23;/h4-6,9,11,13H,7-8,10H2,1-3H3,(H,25,30);1H4/t13-;/m0./s1. The Kier molecular flexibility index (Phi) is 6.59. The summed E-state index contributed by atoms with van der Waals surface area (Å²) in [6.45, 7) is 4.02. The first-order valence-corrected chi connectivity index (χ1v) is 10.1. The summed E-state index contributed by atoms with van der Waals surface area (Å²) in [7, 11) is 1.91. The number of carbonyl (C=O) groups excluding carboxylic acids is 1. The predicted molar refractivity (Wildman–Crippen MR) is 120 cm³/mol. The van der Waals surface area contributed by atoms with Gasteiger partial charge in [0.25, 0.3) is 0 Å². The monoisotopic (exact) mass is 444 g/mol. The molecule has 0 bridgehead atoms. The Bertz CT molecular complexity index is 1120. The molecule has 9 heteroatoms. The molecular weight excluding hydrogens is 419 g/mol. The molecule has 3 heterocycles. The van der Waals surface area contributed by atoms with Gasteiger partial charge >= 0.3 is 0 Å². The molecule has 1 atom stereocenters. The van der Waals surface area contributed by atoms with E-state index >= 15 is 0 Å². The number of nitrogens with one attached hydrogen (secondary N) is 1. The number of carbonyl (C=O) groups is 1. The zero-order valence-corrected chi connectivity index (χ0v) is 17.7. The Hall–Kier alpha value is -3.00. The van der Waals surface area contributed by atoms with Crippen molar-refractivity contribution in [2.75, 3.05) is 17.3 Å². The number of halogens is 2. The Morgan fingerprint density at radius 3 is 2.77 bits per heavy atom. The van der Waals surface area contributed by atoms with Gasteiger partial charge in [-0.05, 0) is 38.8 Å². The lowest BCUT2D eigenvalue weighted by molar-refractivity contribution is -0.117. The van der Waals surface area contributed by atoms with Gasteiger partial charge in [-0.25, -0.2) is 9.07 Å². The number of hydrogen-bond donors (Lipinski definition) is 1. The molecule has 1 N–H and O–H groups in total. The fraction of sp³-hybridized carbons (Fsp3) is 0.364. The van der Waals surface area contributed by atoms with Gasteiger partial charge < -0.3 is 10.2 Å². The molecule has 164 valence electrons. The Balaban J connectivity index is 0.00000272. The molecule has 7 nitrogen and oxygen atoms in total. The van der Waals surface area contributed by atoms with Crippen LogP contribution in [0.15, 0.2) is 30.5 Å². The van der Waals surface area contributed by atoms with Gasteiger partial charge in [-0.15, -0.1) is 5.10 Å². The Morgan fingerprint density at radius 2 is 2.00 bits per heavy atom. The van der Waals surface area contributed by atoms with Crippen molar-refractivity contribution >= 4 is 28.9 Å². The molecule has 1 aliphatic heterocycles. The van der Waals surface area contributed by atoms with Gasteiger partial charge in [-0.3, -0.25) is 9.78 Å². The van der Waals surface area contributed by atoms with Crippen molar-refractivity contribution in [3.05, 3.63) is 63.9 Å². The van der Waals surface area contributed by atoms with E-state index < -0.39 is 5.82 Å². The van der Waals surface area contributed by atoms with Crippen LogP contribution in [-0.2, 0) is 24.2 Å². The lowest BCUT2D eigenvalue weighted by Gasteiger charge is -2.34. The summed E-state index contributed by atoms with van der Waals surface area (Å²) in [6, 6.07) is 6.68. The Labute approximate surface area is 186 Å². The van der Waals surface area contributed by atoms with Gasteiger partial charge in [0, 0.05) is 24.5 Å². The first kappa shape index (κ1) is 22.7. The zero-order valence-electron chi connectivity index (χ0n) is 17.0. The Morgan fingerprint density at radius 1 is 1.26 bits per heavy atom. The molecule has 1 aromatic carbocycles. The number of rotatable bonds is 5. The molecule has 31 heavy (non-hydrogen) atoms. The van der Waals surface area contributed by atoms with Crippen molar-refractivity contribution in [3.8, 4) is 0 Å². The van der Waals surface area contributed by atoms with Crippen LogP contribution in [0.5, 0.6) is 0 Å². The highest BCUT2D eigenvalue weighted by Gasteiger charge is 2.28. The van der Waals surface area contributed by atoms with Crippen molar-refractivity contribution in [1.82, 2.24) is 20.0 Å². The average molecular weight is 445 g/mol. The van der Waals surface area contributed by atoms with E-state index in [2.05, 4.69) is 20.6 Å². The second-order valence-electron chi connectivity index (χ2n) is 7.49. The minimum atomic E-state index is -0.435. The highest BCUT2D eigenvalue weighted by atomic mass is 35.5. The number of anilines is 2. The van der Waals surface area contributed by atoms with Gasteiger partial charge in [0.15, 0.2) is 0 Å². The number of benzene rings is 1. The molecule has 0 spiro atoms. The van der Waals surface area contributed by atoms with E-state index in [1.807, 2.05) is 31.9 Å². The summed E-state index contributed by atoms with van der Waals surface area (Å²) in [5.74, 6) is -0.467. The van der Waals surface area contributed by atoms with Crippen LogP contribution in [0.4, 0.5) is 15.8 Å². The first-order valence-electron chi connectivity index (χ1n) is 9.69. The summed E-state index contributed by atoms with van der Waals surface area (Å²) in [6.07, 6.45) is 3.13. The number of amides is 1. The van der Waals surface area contributed by atoms with Crippen molar-refractivity contribution in [1.29, 1.82) is 0 Å². The van der Waals surface area contributed by atoms with Gasteiger partial charge in [-0.1, -0.05) is 36.4 Å². The summed E-state index contributed by atoms with van der Waals surface area (Å²) >= 11 is 5.84. The van der Waals surface area contributed by atoms with Gasteiger partial charge in [-0.2, -0.15) is 0 Å². The van der Waals surface area contributed by atoms with E-state index in [4.69, 9.17) is 11.6 Å². The summed E-state index contributed by atoms with van der Waals surface area (Å²) in [5, 5.41) is 11.3. The van der Waals surface area contributed by atoms with Gasteiger partial charge in [0.05, 0.1) is 34.3 Å². The molecule has 1 aliphatic rings. The third kappa shape index (κ3) is 4.54. The number of fused-ring (bicyclic) bond motifs is 1. The predicted octanol–water partition coefficient (Wildman–Crippen LogP) is 4.02. The summed E-state index contributed by atoms with van der Waals surface area (Å²) < 4.78 is 15.7. The third-order valence-corrected chi connectivity index (χ3v) is 5.70. The molecule has 0 aliphatic carbocycles. The molecule has 0 saturated heterocycles. The maximum Gasteiger partial charge on any atom is 0.246 e. The topological polar surface area (TPSA) is 75.9 Å². The maximum atomic E-state index is 14.1. The minimum absolute atomic E-state index is 0. The molecule has 0 saturated carbocycles. The fourth-order valence-corrected chi connectivity index (χ4v) is 3.72. The normalized spacial score (nSPS) is 15.3. The van der Waals surface area contributed by atoms with Crippen molar-refractivity contribution in [2.45, 2.75) is 46.7 Å². The number of hydrogen-bond acceptors (Lipinski definition) is 5. The van der Waals surface area contributed by atoms with Crippen LogP contribution in [0.1, 0.15) is 37.0 Å². The van der Waals surface area contributed by atoms with Crippen LogP contribution in [0, 0.1) is 12.7 Å². The molecular formula is C22H26ClFN6O. The smallest absolute Gasteiger partial charge is 0.246 e. The zero-order chi connectivity index (χ0) is 21.4. The van der Waals surface area contributed by atoms with Crippen LogP contribution in [0.25, 0.3) is 0 Å². The van der Waals surface area contributed by atoms with Crippen LogP contribution >= 0.6 is 11.6 Å². The number of aryl methyl sites for hydroxylation is 3. The molecule has 0 fully saturated rings. The summed E-state index contributed by atoms with van der Waals surface area (Å²) in [5.41, 5.74) is 4.69. The highest BCUT2D eigenvalue weighted by molar-refractivity contribution is 6.30. The largest absolute Gasteiger partial charge is 0.361 e. The van der Waals surface area contributed by atoms with E-state index in [1.165, 1.54) is 6.07 Å². The number of aromatic nitrogens is 4. The number of nitrogens with zero attached hydrogens (tertiary/aromatic N) is 5. The van der Waals surface area contributed by atoms with Crippen molar-refractivity contribution in [2.24, 2.45) is 0 Å². The van der Waals surface area contributed by atoms with E-state index in [-0.39, 0.29) is 30.9 Å². The lowest BCUT2D eigenvalue weighted by Crippen LogP contribution is -2.44. The van der Waals surface area contributed by atoms with Crippen LogP contribution in [-0.4, -0.2) is 39.0 Å².